The minimum Gasteiger partial charge on any atom is -0.481 e. The van der Waals surface area contributed by atoms with Crippen LogP contribution < -0.4 is 5.73 Å². The van der Waals surface area contributed by atoms with Crippen molar-refractivity contribution in [1.82, 2.24) is 0 Å². The molecule has 0 aromatic heterocycles. The molecular weight excluding hydrogens is 230 g/mol. The average Bonchev–Trinajstić information content (AvgIpc) is 2.00. The summed E-state index contributed by atoms with van der Waals surface area (Å²) < 4.78 is 30.0. The first-order chi connectivity index (χ1) is 6.64. The summed E-state index contributed by atoms with van der Waals surface area (Å²) in [5.41, 5.74) is 5.02. The van der Waals surface area contributed by atoms with Crippen LogP contribution in [0.25, 0.3) is 0 Å². The average molecular weight is 241 g/mol. The van der Waals surface area contributed by atoms with Crippen LogP contribution in [0.15, 0.2) is 0 Å². The highest BCUT2D eigenvalue weighted by molar-refractivity contribution is 7.86. The van der Waals surface area contributed by atoms with E-state index in [1.54, 1.807) is 0 Å². The van der Waals surface area contributed by atoms with E-state index in [9.17, 15) is 18.0 Å². The first kappa shape index (κ1) is 13.8. The zero-order chi connectivity index (χ0) is 12.2. The van der Waals surface area contributed by atoms with Crippen LogP contribution in [-0.2, 0) is 19.7 Å². The third-order valence-corrected chi connectivity index (χ3v) is 2.86. The lowest BCUT2D eigenvalue weighted by Gasteiger charge is -2.13. The number of aliphatic carboxylic acids is 2. The van der Waals surface area contributed by atoms with Gasteiger partial charge in [0.15, 0.2) is 0 Å². The molecule has 88 valence electrons. The van der Waals surface area contributed by atoms with Crippen LogP contribution in [0.3, 0.4) is 0 Å². The normalized spacial score (nSPS) is 15.6. The van der Waals surface area contributed by atoms with Crippen molar-refractivity contribution in [3.63, 3.8) is 0 Å². The highest BCUT2D eigenvalue weighted by Crippen LogP contribution is 2.11. The predicted molar refractivity (Wildman–Crippen MR) is 47.8 cm³/mol. The molecule has 0 aliphatic heterocycles. The molecule has 0 aromatic carbocycles. The third-order valence-electron chi connectivity index (χ3n) is 1.66. The molecule has 5 N–H and O–H groups in total. The van der Waals surface area contributed by atoms with Crippen molar-refractivity contribution in [3.8, 4) is 0 Å². The van der Waals surface area contributed by atoms with E-state index >= 15 is 0 Å². The Morgan fingerprint density at radius 1 is 1.27 bits per heavy atom. The second-order valence-corrected chi connectivity index (χ2v) is 4.61. The SMILES string of the molecule is N[C@@H](C[C@@H](CC(=O)O)S(=O)(=O)O)C(=O)O. The Kier molecular flexibility index (Phi) is 4.65. The lowest BCUT2D eigenvalue weighted by molar-refractivity contribution is -0.140. The van der Waals surface area contributed by atoms with E-state index in [-0.39, 0.29) is 0 Å². The van der Waals surface area contributed by atoms with Gasteiger partial charge >= 0.3 is 11.9 Å². The first-order valence-corrected chi connectivity index (χ1v) is 5.31. The third kappa shape index (κ3) is 5.30. The zero-order valence-electron chi connectivity index (χ0n) is 7.53. The molecule has 8 nitrogen and oxygen atoms in total. The number of hydrogen-bond donors (Lipinski definition) is 4. The van der Waals surface area contributed by atoms with E-state index in [2.05, 4.69) is 0 Å². The quantitative estimate of drug-likeness (QED) is 0.410. The van der Waals surface area contributed by atoms with Crippen molar-refractivity contribution in [2.75, 3.05) is 0 Å². The van der Waals surface area contributed by atoms with E-state index in [4.69, 9.17) is 20.5 Å². The number of rotatable bonds is 6. The number of carboxylic acid groups (broad SMARTS) is 2. The lowest BCUT2D eigenvalue weighted by atomic mass is 10.1. The van der Waals surface area contributed by atoms with Gasteiger partial charge in [0, 0.05) is 0 Å². The molecule has 0 fully saturated rings. The van der Waals surface area contributed by atoms with Gasteiger partial charge in [0.25, 0.3) is 10.1 Å². The molecular formula is C6H11NO7S. The summed E-state index contributed by atoms with van der Waals surface area (Å²) in [7, 11) is -4.61. The minimum atomic E-state index is -4.61. The summed E-state index contributed by atoms with van der Waals surface area (Å²) in [5, 5.41) is 15.0. The second kappa shape index (κ2) is 5.05. The highest BCUT2D eigenvalue weighted by Gasteiger charge is 2.30. The molecule has 15 heavy (non-hydrogen) atoms. The van der Waals surface area contributed by atoms with Gasteiger partial charge in [-0.05, 0) is 6.42 Å². The van der Waals surface area contributed by atoms with Crippen LogP contribution in [0.2, 0.25) is 0 Å². The predicted octanol–water partition coefficient (Wildman–Crippen LogP) is -1.48. The van der Waals surface area contributed by atoms with Gasteiger partial charge in [-0.2, -0.15) is 8.42 Å². The van der Waals surface area contributed by atoms with Crippen molar-refractivity contribution in [2.45, 2.75) is 24.1 Å². The molecule has 0 rings (SSSR count). The molecule has 9 heteroatoms. The molecule has 0 amide bonds. The van der Waals surface area contributed by atoms with Gasteiger partial charge in [0.1, 0.15) is 6.04 Å². The first-order valence-electron chi connectivity index (χ1n) is 3.81. The lowest BCUT2D eigenvalue weighted by Crippen LogP contribution is -2.37. The fourth-order valence-electron chi connectivity index (χ4n) is 0.889. The molecule has 0 saturated heterocycles. The molecule has 0 aliphatic carbocycles. The van der Waals surface area contributed by atoms with Crippen LogP contribution >= 0.6 is 0 Å². The maximum atomic E-state index is 10.7. The molecule has 0 spiro atoms. The molecule has 0 bridgehead atoms. The largest absolute Gasteiger partial charge is 0.481 e. The van der Waals surface area contributed by atoms with Gasteiger partial charge in [-0.1, -0.05) is 0 Å². The zero-order valence-corrected chi connectivity index (χ0v) is 8.35. The van der Waals surface area contributed by atoms with E-state index in [0.29, 0.717) is 0 Å². The van der Waals surface area contributed by atoms with Crippen molar-refractivity contribution < 1.29 is 32.8 Å². The van der Waals surface area contributed by atoms with Crippen LogP contribution in [0.1, 0.15) is 12.8 Å². The summed E-state index contributed by atoms with van der Waals surface area (Å²) in [6, 6.07) is -1.53. The van der Waals surface area contributed by atoms with E-state index < -0.39 is 46.2 Å². The second-order valence-electron chi connectivity index (χ2n) is 2.92. The van der Waals surface area contributed by atoms with Gasteiger partial charge in [-0.15, -0.1) is 0 Å². The minimum absolute atomic E-state index is 0.652. The van der Waals surface area contributed by atoms with Crippen molar-refractivity contribution in [3.05, 3.63) is 0 Å². The van der Waals surface area contributed by atoms with E-state index in [1.807, 2.05) is 0 Å². The topological polar surface area (TPSA) is 155 Å². The smallest absolute Gasteiger partial charge is 0.320 e. The summed E-state index contributed by atoms with van der Waals surface area (Å²) in [5.74, 6) is -2.93. The molecule has 0 aromatic rings. The van der Waals surface area contributed by atoms with E-state index in [1.165, 1.54) is 0 Å². The summed E-state index contributed by atoms with van der Waals surface area (Å²) in [6.07, 6.45) is -1.54. The molecule has 2 atom stereocenters. The molecule has 0 radical (unpaired) electrons. The maximum Gasteiger partial charge on any atom is 0.320 e. The summed E-state index contributed by atoms with van der Waals surface area (Å²) in [6.45, 7) is 0. The van der Waals surface area contributed by atoms with Crippen molar-refractivity contribution in [1.29, 1.82) is 0 Å². The Labute approximate surface area is 85.4 Å². The maximum absolute atomic E-state index is 10.7. The van der Waals surface area contributed by atoms with Gasteiger partial charge in [-0.3, -0.25) is 14.1 Å². The number of nitrogens with two attached hydrogens (primary N) is 1. The number of carboxylic acids is 2. The monoisotopic (exact) mass is 241 g/mol. The Hall–Kier alpha value is -1.19. The standard InChI is InChI=1S/C6H11NO7S/c7-4(6(10)11)1-3(2-5(8)9)15(12,13)14/h3-4H,1-2,7H2,(H,8,9)(H,10,11)(H,12,13,14)/t3-,4-/m0/s1. The van der Waals surface area contributed by atoms with Gasteiger partial charge in [0.05, 0.1) is 11.7 Å². The van der Waals surface area contributed by atoms with Crippen LogP contribution in [0.5, 0.6) is 0 Å². The van der Waals surface area contributed by atoms with Gasteiger partial charge < -0.3 is 15.9 Å². The number of carbonyl (C=O) groups is 2. The molecule has 0 heterocycles. The Bertz CT molecular complexity index is 348. The Morgan fingerprint density at radius 2 is 1.73 bits per heavy atom. The number of hydrogen-bond acceptors (Lipinski definition) is 5. The van der Waals surface area contributed by atoms with Crippen LogP contribution in [0, 0.1) is 0 Å². The Balaban J connectivity index is 4.67. The van der Waals surface area contributed by atoms with Crippen LogP contribution in [-0.4, -0.2) is 46.4 Å². The summed E-state index contributed by atoms with van der Waals surface area (Å²) in [4.78, 5) is 20.5. The van der Waals surface area contributed by atoms with Gasteiger partial charge in [0.2, 0.25) is 0 Å². The van der Waals surface area contributed by atoms with Gasteiger partial charge in [-0.25, -0.2) is 0 Å². The van der Waals surface area contributed by atoms with E-state index in [0.717, 1.165) is 0 Å². The summed E-state index contributed by atoms with van der Waals surface area (Å²) >= 11 is 0. The highest BCUT2D eigenvalue weighted by atomic mass is 32.2. The van der Waals surface area contributed by atoms with Crippen molar-refractivity contribution in [2.24, 2.45) is 5.73 Å². The fourth-order valence-corrected chi connectivity index (χ4v) is 1.69. The van der Waals surface area contributed by atoms with Crippen molar-refractivity contribution >= 4 is 22.1 Å². The Morgan fingerprint density at radius 3 is 2.00 bits per heavy atom. The molecule has 0 unspecified atom stereocenters. The molecule has 0 aliphatic rings. The fraction of sp³-hybridized carbons (Fsp3) is 0.667. The van der Waals surface area contributed by atoms with Crippen LogP contribution in [0.4, 0.5) is 0 Å². The molecule has 0 saturated carbocycles.